The van der Waals surface area contributed by atoms with Crippen LogP contribution in [0, 0.1) is 5.41 Å². The molecule has 0 saturated heterocycles. The molecule has 0 fully saturated rings. The van der Waals surface area contributed by atoms with E-state index in [0.29, 0.717) is 60.0 Å². The van der Waals surface area contributed by atoms with Crippen LogP contribution in [0.25, 0.3) is 43.1 Å². The van der Waals surface area contributed by atoms with Gasteiger partial charge in [-0.2, -0.15) is 0 Å². The van der Waals surface area contributed by atoms with Crippen molar-refractivity contribution in [1.82, 2.24) is 16.0 Å². The first-order valence-electron chi connectivity index (χ1n) is 15.1. The summed E-state index contributed by atoms with van der Waals surface area (Å²) >= 11 is 0. The molecule has 0 unspecified atom stereocenters. The largest absolute Gasteiger partial charge is 0.478 e. The molecule has 0 saturated carbocycles. The molecular weight excluding hydrogens is 556 g/mol. The smallest absolute Gasteiger partial charge is 0.336 e. The molecule has 5 aromatic carbocycles. The third kappa shape index (κ3) is 4.25. The van der Waals surface area contributed by atoms with Crippen LogP contribution in [0.4, 0.5) is 0 Å². The topological polar surface area (TPSA) is 148 Å². The third-order valence-electron chi connectivity index (χ3n) is 9.12. The number of aromatic carboxylic acids is 1. The maximum absolute atomic E-state index is 13.9. The molecule has 0 bridgehead atoms. The minimum atomic E-state index is -1.19. The van der Waals surface area contributed by atoms with Gasteiger partial charge in [-0.05, 0) is 76.9 Å². The Morgan fingerprint density at radius 3 is 1.82 bits per heavy atom. The van der Waals surface area contributed by atoms with E-state index in [-0.39, 0.29) is 29.4 Å². The fourth-order valence-electron chi connectivity index (χ4n) is 6.70. The van der Waals surface area contributed by atoms with Gasteiger partial charge in [0.2, 0.25) is 0 Å². The van der Waals surface area contributed by atoms with Crippen LogP contribution < -0.4 is 16.0 Å². The monoisotopic (exact) mass is 590 g/mol. The molecule has 0 aromatic heterocycles. The highest BCUT2D eigenvalue weighted by Gasteiger charge is 2.31. The Kier molecular flexibility index (Phi) is 7.19. The van der Waals surface area contributed by atoms with Crippen LogP contribution >= 0.6 is 0 Å². The fraction of sp³-hybridized carbons (Fsp3) is 0.286. The van der Waals surface area contributed by atoms with E-state index in [9.17, 15) is 24.3 Å². The predicted molar refractivity (Wildman–Crippen MR) is 173 cm³/mol. The molecule has 1 heterocycles. The van der Waals surface area contributed by atoms with Gasteiger partial charge in [0.05, 0.1) is 5.56 Å². The van der Waals surface area contributed by atoms with Crippen LogP contribution in [0.3, 0.4) is 0 Å². The number of rotatable bonds is 9. The fourth-order valence-corrected chi connectivity index (χ4v) is 6.70. The first kappa shape index (κ1) is 29.0. The second kappa shape index (κ2) is 10.9. The van der Waals surface area contributed by atoms with Gasteiger partial charge >= 0.3 is 5.97 Å². The molecular formula is C35H34N4O5. The number of hydrogen-bond acceptors (Lipinski definition) is 5. The van der Waals surface area contributed by atoms with Crippen molar-refractivity contribution in [2.45, 2.75) is 65.5 Å². The van der Waals surface area contributed by atoms with Gasteiger partial charge in [-0.15, -0.1) is 0 Å². The molecule has 9 nitrogen and oxygen atoms in total. The molecule has 0 spiro atoms. The molecule has 0 atom stereocenters. The van der Waals surface area contributed by atoms with Crippen molar-refractivity contribution in [3.05, 3.63) is 70.3 Å². The van der Waals surface area contributed by atoms with Crippen molar-refractivity contribution in [3.8, 4) is 0 Å². The number of nitrogens with one attached hydrogen (secondary N) is 4. The summed E-state index contributed by atoms with van der Waals surface area (Å²) < 4.78 is 0. The lowest BCUT2D eigenvalue weighted by Crippen LogP contribution is -2.35. The van der Waals surface area contributed by atoms with E-state index in [1.807, 2.05) is 33.8 Å². The van der Waals surface area contributed by atoms with Crippen molar-refractivity contribution in [1.29, 1.82) is 5.41 Å². The van der Waals surface area contributed by atoms with Crippen molar-refractivity contribution in [2.75, 3.05) is 0 Å². The number of carboxylic acids is 1. The van der Waals surface area contributed by atoms with Crippen LogP contribution in [-0.4, -0.2) is 46.7 Å². The van der Waals surface area contributed by atoms with Gasteiger partial charge in [-0.1, -0.05) is 45.9 Å². The van der Waals surface area contributed by atoms with Crippen LogP contribution in [0.15, 0.2) is 42.5 Å². The number of hydrogen-bond donors (Lipinski definition) is 5. The highest BCUT2D eigenvalue weighted by Crippen LogP contribution is 2.46. The zero-order valence-electron chi connectivity index (χ0n) is 25.1. The first-order valence-corrected chi connectivity index (χ1v) is 15.1. The number of carboxylic acid groups (broad SMARTS) is 1. The van der Waals surface area contributed by atoms with Crippen molar-refractivity contribution >= 4 is 72.6 Å². The zero-order valence-corrected chi connectivity index (χ0v) is 25.1. The maximum Gasteiger partial charge on any atom is 0.336 e. The Labute approximate surface area is 253 Å². The van der Waals surface area contributed by atoms with E-state index in [4.69, 9.17) is 5.41 Å². The van der Waals surface area contributed by atoms with Gasteiger partial charge < -0.3 is 15.7 Å². The summed E-state index contributed by atoms with van der Waals surface area (Å²) in [4.78, 5) is 52.5. The summed E-state index contributed by atoms with van der Waals surface area (Å²) in [6.45, 7) is 8.05. The molecule has 44 heavy (non-hydrogen) atoms. The Hall–Kier alpha value is -5.05. The Bertz CT molecular complexity index is 2040. The number of fused-ring (bicyclic) bond motifs is 2. The zero-order chi connectivity index (χ0) is 31.4. The van der Waals surface area contributed by atoms with Crippen LogP contribution in [-0.2, 0) is 0 Å². The van der Waals surface area contributed by atoms with E-state index in [1.54, 1.807) is 30.3 Å². The summed E-state index contributed by atoms with van der Waals surface area (Å²) in [5, 5.41) is 32.9. The van der Waals surface area contributed by atoms with E-state index >= 15 is 0 Å². The van der Waals surface area contributed by atoms with E-state index in [2.05, 4.69) is 16.0 Å². The first-order chi connectivity index (χ1) is 21.1. The molecule has 1 aliphatic rings. The average Bonchev–Trinajstić information content (AvgIpc) is 3.02. The summed E-state index contributed by atoms with van der Waals surface area (Å²) in [6, 6.07) is 11.8. The van der Waals surface area contributed by atoms with Crippen molar-refractivity contribution in [2.24, 2.45) is 0 Å². The lowest BCUT2D eigenvalue weighted by molar-refractivity contribution is 0.0697. The lowest BCUT2D eigenvalue weighted by atomic mass is 9.81. The van der Waals surface area contributed by atoms with Crippen molar-refractivity contribution < 1.29 is 24.3 Å². The van der Waals surface area contributed by atoms with E-state index in [0.717, 1.165) is 31.1 Å². The number of amidine groups is 1. The summed E-state index contributed by atoms with van der Waals surface area (Å²) in [6.07, 6.45) is 3.02. The summed E-state index contributed by atoms with van der Waals surface area (Å²) in [5.74, 6) is -2.46. The maximum atomic E-state index is 13.9. The summed E-state index contributed by atoms with van der Waals surface area (Å²) in [7, 11) is 0. The molecule has 1 aliphatic heterocycles. The second-order valence-corrected chi connectivity index (χ2v) is 11.4. The van der Waals surface area contributed by atoms with Gasteiger partial charge in [0, 0.05) is 50.5 Å². The molecule has 0 aliphatic carbocycles. The van der Waals surface area contributed by atoms with E-state index < -0.39 is 17.8 Å². The molecule has 0 radical (unpaired) electrons. The highest BCUT2D eigenvalue weighted by molar-refractivity contribution is 6.41. The van der Waals surface area contributed by atoms with Gasteiger partial charge in [0.15, 0.2) is 0 Å². The SMILES string of the molecule is CCC(CC)NC(=N)c1cc(C(=O)O)c2c3ccc4c5c(ccc(c6ccc(C(=O)NC(CC)CC)c1c62)c53)C(=O)NC4=O. The highest BCUT2D eigenvalue weighted by atomic mass is 16.4. The molecule has 6 rings (SSSR count). The Balaban J connectivity index is 1.81. The predicted octanol–water partition coefficient (Wildman–Crippen LogP) is 6.34. The molecule has 9 heteroatoms. The number of carbonyl (C=O) groups is 4. The minimum absolute atomic E-state index is 0.0102. The minimum Gasteiger partial charge on any atom is -0.478 e. The number of amides is 3. The van der Waals surface area contributed by atoms with Gasteiger partial charge in [0.1, 0.15) is 5.84 Å². The quantitative estimate of drug-likeness (QED) is 0.0445. The van der Waals surface area contributed by atoms with Gasteiger partial charge in [-0.3, -0.25) is 25.1 Å². The standard InChI is InChI=1S/C35H34N4O5/c1-5-16(6-2)37-31(36)24-15-25(35(43)44)27-20-11-14-22-28-21(33(41)39-34(22)42)12-9-18(26(20)28)19-10-13-23(29(24)30(19)27)32(40)38-17(7-3)8-4/h9-17H,5-8H2,1-4H3,(H2,36,37)(H,38,40)(H,43,44)(H,39,41,42). The summed E-state index contributed by atoms with van der Waals surface area (Å²) in [5.41, 5.74) is 1.33. The molecule has 5 N–H and O–H groups in total. The normalized spacial score (nSPS) is 13.0. The van der Waals surface area contributed by atoms with Crippen LogP contribution in [0.5, 0.6) is 0 Å². The average molecular weight is 591 g/mol. The second-order valence-electron chi connectivity index (χ2n) is 11.4. The number of carbonyl (C=O) groups excluding carboxylic acids is 3. The van der Waals surface area contributed by atoms with Crippen molar-refractivity contribution in [3.63, 3.8) is 0 Å². The lowest BCUT2D eigenvalue weighted by Gasteiger charge is -2.25. The third-order valence-corrected chi connectivity index (χ3v) is 9.12. The van der Waals surface area contributed by atoms with Crippen LogP contribution in [0.1, 0.15) is 100 Å². The Morgan fingerprint density at radius 1 is 0.682 bits per heavy atom. The molecule has 224 valence electrons. The number of benzene rings is 5. The molecule has 5 aromatic rings. The van der Waals surface area contributed by atoms with Gasteiger partial charge in [0.25, 0.3) is 17.7 Å². The van der Waals surface area contributed by atoms with E-state index in [1.165, 1.54) is 6.07 Å². The van der Waals surface area contributed by atoms with Crippen LogP contribution in [0.2, 0.25) is 0 Å². The van der Waals surface area contributed by atoms with Gasteiger partial charge in [-0.25, -0.2) is 4.79 Å². The Morgan fingerprint density at radius 2 is 1.23 bits per heavy atom. The number of imide groups is 1. The molecule has 3 amide bonds.